The summed E-state index contributed by atoms with van der Waals surface area (Å²) in [5.41, 5.74) is 0. The zero-order valence-corrected chi connectivity index (χ0v) is 9.88. The average molecular weight is 255 g/mol. The van der Waals surface area contributed by atoms with Crippen LogP contribution in [0.4, 0.5) is 9.59 Å². The second-order valence-corrected chi connectivity index (χ2v) is 5.65. The highest BCUT2D eigenvalue weighted by Crippen LogP contribution is 2.21. The van der Waals surface area contributed by atoms with Crippen molar-refractivity contribution >= 4 is 33.0 Å². The fraction of sp³-hybridized carbons (Fsp3) is 0.714. The van der Waals surface area contributed by atoms with Crippen molar-refractivity contribution in [2.45, 2.75) is 19.9 Å². The predicted octanol–water partition coefficient (Wildman–Crippen LogP) is 0.821. The normalized spacial score (nSPS) is 22.3. The van der Waals surface area contributed by atoms with E-state index in [1.165, 1.54) is 6.92 Å². The van der Waals surface area contributed by atoms with Gasteiger partial charge < -0.3 is 0 Å². The number of rotatable bonds is 2. The van der Waals surface area contributed by atoms with Crippen LogP contribution in [0.25, 0.3) is 0 Å². The molecule has 3 amide bonds. The molecule has 0 aliphatic carbocycles. The second-order valence-electron chi connectivity index (χ2n) is 3.19. The Morgan fingerprint density at radius 1 is 1.60 bits per heavy atom. The van der Waals surface area contributed by atoms with E-state index >= 15 is 0 Å². The van der Waals surface area contributed by atoms with Crippen molar-refractivity contribution in [1.29, 1.82) is 0 Å². The Morgan fingerprint density at radius 2 is 2.13 bits per heavy atom. The SMILES string of the molecule is CCS(=O)(=O)N1C(=O)N(C(=O)Cl)CC1C. The van der Waals surface area contributed by atoms with E-state index in [1.807, 2.05) is 0 Å². The Balaban J connectivity index is 3.04. The van der Waals surface area contributed by atoms with Gasteiger partial charge in [-0.2, -0.15) is 0 Å². The highest BCUT2D eigenvalue weighted by Gasteiger charge is 2.43. The fourth-order valence-corrected chi connectivity index (χ4v) is 2.77. The molecule has 8 heteroatoms. The summed E-state index contributed by atoms with van der Waals surface area (Å²) in [6, 6.07) is -1.44. The van der Waals surface area contributed by atoms with Crippen LogP contribution in [0.3, 0.4) is 0 Å². The van der Waals surface area contributed by atoms with Crippen LogP contribution in [0.15, 0.2) is 0 Å². The van der Waals surface area contributed by atoms with Crippen LogP contribution >= 0.6 is 11.6 Å². The van der Waals surface area contributed by atoms with Crippen molar-refractivity contribution in [1.82, 2.24) is 9.21 Å². The van der Waals surface area contributed by atoms with E-state index < -0.39 is 27.5 Å². The lowest BCUT2D eigenvalue weighted by Crippen LogP contribution is -2.40. The zero-order chi connectivity index (χ0) is 11.8. The van der Waals surface area contributed by atoms with Crippen LogP contribution in [0.2, 0.25) is 0 Å². The van der Waals surface area contributed by atoms with Gasteiger partial charge in [-0.3, -0.25) is 4.79 Å². The van der Waals surface area contributed by atoms with Crippen LogP contribution in [-0.2, 0) is 10.0 Å². The Hall–Kier alpha value is -0.820. The lowest BCUT2D eigenvalue weighted by molar-refractivity contribution is 0.205. The number of hydrogen-bond donors (Lipinski definition) is 0. The van der Waals surface area contributed by atoms with E-state index in [0.717, 1.165) is 0 Å². The second kappa shape index (κ2) is 3.97. The standard InChI is InChI=1S/C7H11ClN2O4S/c1-3-15(13,14)10-5(2)4-9(6(8)11)7(10)12/h5H,3-4H2,1-2H3. The first-order valence-electron chi connectivity index (χ1n) is 4.34. The molecule has 0 aromatic carbocycles. The predicted molar refractivity (Wildman–Crippen MR) is 54.1 cm³/mol. The Bertz CT molecular complexity index is 394. The summed E-state index contributed by atoms with van der Waals surface area (Å²) in [6.45, 7) is 2.98. The summed E-state index contributed by atoms with van der Waals surface area (Å²) >= 11 is 5.15. The van der Waals surface area contributed by atoms with Gasteiger partial charge >= 0.3 is 11.4 Å². The van der Waals surface area contributed by atoms with Crippen molar-refractivity contribution in [3.8, 4) is 0 Å². The van der Waals surface area contributed by atoms with Crippen molar-refractivity contribution in [2.75, 3.05) is 12.3 Å². The van der Waals surface area contributed by atoms with Gasteiger partial charge in [0.05, 0.1) is 18.3 Å². The quantitative estimate of drug-likeness (QED) is 0.540. The Labute approximate surface area is 92.8 Å². The molecule has 0 bridgehead atoms. The molecule has 1 rings (SSSR count). The number of amides is 3. The number of hydrogen-bond acceptors (Lipinski definition) is 4. The summed E-state index contributed by atoms with van der Waals surface area (Å²) in [5.74, 6) is -0.187. The van der Waals surface area contributed by atoms with Gasteiger partial charge in [-0.25, -0.2) is 22.4 Å². The molecule has 86 valence electrons. The molecule has 0 radical (unpaired) electrons. The highest BCUT2D eigenvalue weighted by atomic mass is 35.5. The van der Waals surface area contributed by atoms with Gasteiger partial charge in [0.1, 0.15) is 0 Å². The lowest BCUT2D eigenvalue weighted by Gasteiger charge is -2.18. The molecule has 1 fully saturated rings. The van der Waals surface area contributed by atoms with Crippen molar-refractivity contribution in [2.24, 2.45) is 0 Å². The van der Waals surface area contributed by atoms with E-state index in [1.54, 1.807) is 6.92 Å². The van der Waals surface area contributed by atoms with E-state index in [9.17, 15) is 18.0 Å². The minimum Gasteiger partial charge on any atom is -0.255 e. The Morgan fingerprint density at radius 3 is 2.47 bits per heavy atom. The fourth-order valence-electron chi connectivity index (χ4n) is 1.40. The van der Waals surface area contributed by atoms with Gasteiger partial charge in [0.2, 0.25) is 10.0 Å². The van der Waals surface area contributed by atoms with Crippen LogP contribution in [0.5, 0.6) is 0 Å². The minimum absolute atomic E-state index is 0.000394. The van der Waals surface area contributed by atoms with Gasteiger partial charge in [0.25, 0.3) is 0 Å². The zero-order valence-electron chi connectivity index (χ0n) is 8.31. The molecule has 1 heterocycles. The van der Waals surface area contributed by atoms with Crippen LogP contribution in [0.1, 0.15) is 13.8 Å². The number of nitrogens with zero attached hydrogens (tertiary/aromatic N) is 2. The summed E-state index contributed by atoms with van der Waals surface area (Å²) in [7, 11) is -3.63. The van der Waals surface area contributed by atoms with Crippen molar-refractivity contribution in [3.63, 3.8) is 0 Å². The summed E-state index contributed by atoms with van der Waals surface area (Å²) < 4.78 is 23.7. The Kier molecular flexibility index (Phi) is 3.25. The number of carbonyl (C=O) groups excluding carboxylic acids is 2. The number of urea groups is 1. The maximum absolute atomic E-state index is 11.5. The molecule has 1 unspecified atom stereocenters. The first kappa shape index (κ1) is 12.3. The molecule has 1 atom stereocenters. The van der Waals surface area contributed by atoms with Crippen LogP contribution < -0.4 is 0 Å². The number of halogens is 1. The molecule has 15 heavy (non-hydrogen) atoms. The average Bonchev–Trinajstić information content (AvgIpc) is 2.42. The van der Waals surface area contributed by atoms with Gasteiger partial charge in [-0.05, 0) is 25.4 Å². The van der Waals surface area contributed by atoms with E-state index in [-0.39, 0.29) is 12.3 Å². The monoisotopic (exact) mass is 254 g/mol. The molecule has 1 aliphatic heterocycles. The van der Waals surface area contributed by atoms with E-state index in [2.05, 4.69) is 0 Å². The minimum atomic E-state index is -3.63. The molecule has 1 saturated heterocycles. The van der Waals surface area contributed by atoms with Gasteiger partial charge in [-0.15, -0.1) is 0 Å². The number of imide groups is 1. The number of sulfonamides is 1. The van der Waals surface area contributed by atoms with Crippen molar-refractivity contribution in [3.05, 3.63) is 0 Å². The molecule has 0 spiro atoms. The van der Waals surface area contributed by atoms with Crippen LogP contribution in [-0.4, -0.2) is 47.4 Å². The largest absolute Gasteiger partial charge is 0.341 e. The third-order valence-electron chi connectivity index (χ3n) is 2.14. The molecule has 0 N–H and O–H groups in total. The topological polar surface area (TPSA) is 74.8 Å². The first-order chi connectivity index (χ1) is 6.81. The maximum atomic E-state index is 11.5. The van der Waals surface area contributed by atoms with Crippen molar-refractivity contribution < 1.29 is 18.0 Å². The summed E-state index contributed by atoms with van der Waals surface area (Å²) in [5, 5.41) is -0.958. The molecular formula is C7H11ClN2O4S. The van der Waals surface area contributed by atoms with Gasteiger partial charge in [0, 0.05) is 0 Å². The lowest BCUT2D eigenvalue weighted by atomic mass is 10.4. The summed E-state index contributed by atoms with van der Waals surface area (Å²) in [4.78, 5) is 23.0. The third kappa shape index (κ3) is 2.07. The summed E-state index contributed by atoms with van der Waals surface area (Å²) in [6.07, 6.45) is 0. The van der Waals surface area contributed by atoms with Crippen LogP contribution in [0, 0.1) is 0 Å². The van der Waals surface area contributed by atoms with Gasteiger partial charge in [0.15, 0.2) is 0 Å². The van der Waals surface area contributed by atoms with E-state index in [0.29, 0.717) is 9.21 Å². The molecule has 0 saturated carbocycles. The first-order valence-corrected chi connectivity index (χ1v) is 6.33. The molecule has 0 aromatic rings. The third-order valence-corrected chi connectivity index (χ3v) is 4.19. The molecule has 6 nitrogen and oxygen atoms in total. The number of carbonyl (C=O) groups is 2. The maximum Gasteiger partial charge on any atom is 0.341 e. The van der Waals surface area contributed by atoms with Gasteiger partial charge in [-0.1, -0.05) is 0 Å². The highest BCUT2D eigenvalue weighted by molar-refractivity contribution is 7.89. The smallest absolute Gasteiger partial charge is 0.255 e. The molecule has 1 aliphatic rings. The molecule has 0 aromatic heterocycles. The van der Waals surface area contributed by atoms with E-state index in [4.69, 9.17) is 11.6 Å². The molecular weight excluding hydrogens is 244 g/mol.